The Hall–Kier alpha value is -1.46. The molecule has 1 atom stereocenters. The van der Waals surface area contributed by atoms with Crippen LogP contribution >= 0.6 is 23.7 Å². The maximum atomic E-state index is 5.87. The van der Waals surface area contributed by atoms with Gasteiger partial charge in [0.25, 0.3) is 0 Å². The minimum absolute atomic E-state index is 0. The number of anilines is 1. The molecule has 0 saturated carbocycles. The van der Waals surface area contributed by atoms with Crippen LogP contribution in [0.1, 0.15) is 11.8 Å². The number of halogens is 1. The molecule has 1 aliphatic rings. The highest BCUT2D eigenvalue weighted by molar-refractivity contribution is 7.13. The maximum Gasteiger partial charge on any atom is 0.182 e. The number of rotatable bonds is 2. The van der Waals surface area contributed by atoms with E-state index in [2.05, 4.69) is 10.3 Å². The van der Waals surface area contributed by atoms with Crippen LogP contribution < -0.4 is 14.8 Å². The lowest BCUT2D eigenvalue weighted by Crippen LogP contribution is -2.21. The molecule has 1 unspecified atom stereocenters. The molecule has 1 aromatic heterocycles. The van der Waals surface area contributed by atoms with Crippen molar-refractivity contribution in [3.8, 4) is 11.5 Å². The highest BCUT2D eigenvalue weighted by Gasteiger charge is 2.24. The number of nitrogens with one attached hydrogen (secondary N) is 1. The third-order valence-corrected chi connectivity index (χ3v) is 3.45. The predicted molar refractivity (Wildman–Crippen MR) is 74.2 cm³/mol. The normalized spacial score (nSPS) is 16.8. The van der Waals surface area contributed by atoms with Crippen LogP contribution in [0.25, 0.3) is 0 Å². The predicted octanol–water partition coefficient (Wildman–Crippen LogP) is 3.12. The number of hydrogen-bond acceptors (Lipinski definition) is 5. The van der Waals surface area contributed by atoms with E-state index in [9.17, 15) is 0 Å². The first-order valence-electron chi connectivity index (χ1n) is 5.38. The molecular weight excluding hydrogens is 272 g/mol. The van der Waals surface area contributed by atoms with Crippen LogP contribution in [0.3, 0.4) is 0 Å². The van der Waals surface area contributed by atoms with Gasteiger partial charge in [0.15, 0.2) is 22.7 Å². The van der Waals surface area contributed by atoms with E-state index in [1.807, 2.05) is 36.7 Å². The average Bonchev–Trinajstić information content (AvgIpc) is 2.87. The van der Waals surface area contributed by atoms with Gasteiger partial charge in [-0.3, -0.25) is 0 Å². The number of fused-ring (bicyclic) bond motifs is 1. The Balaban J connectivity index is 0.00000120. The van der Waals surface area contributed by atoms with Crippen LogP contribution in [0, 0.1) is 0 Å². The second-order valence-electron chi connectivity index (χ2n) is 3.69. The molecule has 96 valence electrons. The van der Waals surface area contributed by atoms with Gasteiger partial charge in [-0.2, -0.15) is 0 Å². The van der Waals surface area contributed by atoms with E-state index in [1.54, 1.807) is 11.3 Å². The molecule has 4 nitrogen and oxygen atoms in total. The number of aromatic nitrogens is 1. The Morgan fingerprint density at radius 1 is 1.33 bits per heavy atom. The second kappa shape index (κ2) is 5.46. The highest BCUT2D eigenvalue weighted by Crippen LogP contribution is 2.36. The van der Waals surface area contributed by atoms with Crippen LogP contribution in [-0.2, 0) is 0 Å². The summed E-state index contributed by atoms with van der Waals surface area (Å²) in [5.41, 5.74) is 0.911. The van der Waals surface area contributed by atoms with Crippen LogP contribution in [0.4, 0.5) is 5.13 Å². The number of hydrogen-bond donors (Lipinski definition) is 1. The molecule has 6 heteroatoms. The number of nitrogens with zero attached hydrogens (tertiary/aromatic N) is 1. The Labute approximate surface area is 115 Å². The van der Waals surface area contributed by atoms with Crippen molar-refractivity contribution in [3.05, 3.63) is 35.3 Å². The summed E-state index contributed by atoms with van der Waals surface area (Å²) >= 11 is 1.57. The summed E-state index contributed by atoms with van der Waals surface area (Å²) in [6.07, 6.45) is -0.122. The van der Waals surface area contributed by atoms with E-state index in [0.717, 1.165) is 22.3 Å². The summed E-state index contributed by atoms with van der Waals surface area (Å²) in [5.74, 6) is 1.58. The summed E-state index contributed by atoms with van der Waals surface area (Å²) in [6, 6.07) is 7.69. The quantitative estimate of drug-likeness (QED) is 0.920. The summed E-state index contributed by atoms with van der Waals surface area (Å²) in [7, 11) is 1.86. The summed E-state index contributed by atoms with van der Waals surface area (Å²) < 4.78 is 11.5. The zero-order chi connectivity index (χ0) is 11.7. The first kappa shape index (κ1) is 13.0. The van der Waals surface area contributed by atoms with Crippen molar-refractivity contribution in [1.82, 2.24) is 4.98 Å². The second-order valence-corrected chi connectivity index (χ2v) is 4.55. The topological polar surface area (TPSA) is 43.4 Å². The molecule has 0 fully saturated rings. The molecule has 1 aliphatic heterocycles. The fourth-order valence-electron chi connectivity index (χ4n) is 1.71. The van der Waals surface area contributed by atoms with Gasteiger partial charge in [-0.1, -0.05) is 12.1 Å². The van der Waals surface area contributed by atoms with E-state index < -0.39 is 0 Å². The molecule has 3 rings (SSSR count). The van der Waals surface area contributed by atoms with E-state index in [0.29, 0.717) is 6.61 Å². The van der Waals surface area contributed by atoms with Gasteiger partial charge in [0.2, 0.25) is 0 Å². The Bertz CT molecular complexity index is 532. The number of benzene rings is 1. The van der Waals surface area contributed by atoms with Gasteiger partial charge in [0, 0.05) is 12.4 Å². The van der Waals surface area contributed by atoms with Gasteiger partial charge in [-0.05, 0) is 12.1 Å². The molecule has 0 bridgehead atoms. The third-order valence-electron chi connectivity index (χ3n) is 2.57. The summed E-state index contributed by atoms with van der Waals surface area (Å²) in [6.45, 7) is 0.504. The standard InChI is InChI=1S/C12H12N2O2S.ClH/c1-13-12-14-8(7-17-12)11-6-15-9-4-2-3-5-10(9)16-11;/h2-5,7,11H,6H2,1H3,(H,13,14);1H. The van der Waals surface area contributed by atoms with Gasteiger partial charge in [0.1, 0.15) is 6.61 Å². The molecule has 0 aliphatic carbocycles. The fraction of sp³-hybridized carbons (Fsp3) is 0.250. The molecule has 1 N–H and O–H groups in total. The molecule has 0 spiro atoms. The zero-order valence-corrected chi connectivity index (χ0v) is 11.4. The smallest absolute Gasteiger partial charge is 0.182 e. The van der Waals surface area contributed by atoms with Crippen molar-refractivity contribution < 1.29 is 9.47 Å². The molecule has 0 radical (unpaired) electrons. The summed E-state index contributed by atoms with van der Waals surface area (Å²) in [4.78, 5) is 4.43. The Morgan fingerprint density at radius 3 is 2.83 bits per heavy atom. The number of thiazole rings is 1. The fourth-order valence-corrected chi connectivity index (χ4v) is 2.43. The minimum Gasteiger partial charge on any atom is -0.485 e. The van der Waals surface area contributed by atoms with Crippen molar-refractivity contribution in [2.45, 2.75) is 6.10 Å². The highest BCUT2D eigenvalue weighted by atomic mass is 35.5. The lowest BCUT2D eigenvalue weighted by atomic mass is 10.2. The molecular formula is C12H13ClN2O2S. The Morgan fingerprint density at radius 2 is 2.11 bits per heavy atom. The summed E-state index contributed by atoms with van der Waals surface area (Å²) in [5, 5.41) is 5.90. The molecule has 2 heterocycles. The van der Waals surface area contributed by atoms with Crippen LogP contribution in [0.5, 0.6) is 11.5 Å². The maximum absolute atomic E-state index is 5.87. The van der Waals surface area contributed by atoms with Gasteiger partial charge in [-0.15, -0.1) is 23.7 Å². The van der Waals surface area contributed by atoms with Gasteiger partial charge < -0.3 is 14.8 Å². The lowest BCUT2D eigenvalue weighted by molar-refractivity contribution is 0.0888. The van der Waals surface area contributed by atoms with Gasteiger partial charge in [0.05, 0.1) is 5.69 Å². The first-order valence-corrected chi connectivity index (χ1v) is 6.26. The molecule has 0 amide bonds. The molecule has 0 saturated heterocycles. The molecule has 2 aromatic rings. The first-order chi connectivity index (χ1) is 8.36. The monoisotopic (exact) mass is 284 g/mol. The van der Waals surface area contributed by atoms with Gasteiger partial charge >= 0.3 is 0 Å². The van der Waals surface area contributed by atoms with E-state index >= 15 is 0 Å². The van der Waals surface area contributed by atoms with Crippen molar-refractivity contribution in [2.75, 3.05) is 19.0 Å². The number of para-hydroxylation sites is 2. The van der Waals surface area contributed by atoms with Gasteiger partial charge in [-0.25, -0.2) is 4.98 Å². The van der Waals surface area contributed by atoms with Crippen molar-refractivity contribution in [1.29, 1.82) is 0 Å². The average molecular weight is 285 g/mol. The van der Waals surface area contributed by atoms with E-state index in [-0.39, 0.29) is 18.5 Å². The van der Waals surface area contributed by atoms with E-state index in [4.69, 9.17) is 9.47 Å². The van der Waals surface area contributed by atoms with Crippen LogP contribution in [-0.4, -0.2) is 18.6 Å². The Kier molecular flexibility index (Phi) is 3.93. The lowest BCUT2D eigenvalue weighted by Gasteiger charge is -2.25. The molecule has 1 aromatic carbocycles. The van der Waals surface area contributed by atoms with E-state index in [1.165, 1.54) is 0 Å². The largest absolute Gasteiger partial charge is 0.485 e. The minimum atomic E-state index is -0.122. The zero-order valence-electron chi connectivity index (χ0n) is 9.75. The molecule has 18 heavy (non-hydrogen) atoms. The van der Waals surface area contributed by atoms with Crippen molar-refractivity contribution in [3.63, 3.8) is 0 Å². The van der Waals surface area contributed by atoms with Crippen molar-refractivity contribution in [2.24, 2.45) is 0 Å². The number of ether oxygens (including phenoxy) is 2. The SMILES string of the molecule is CNc1nc(C2COc3ccccc3O2)cs1.Cl. The van der Waals surface area contributed by atoms with Crippen LogP contribution in [0.2, 0.25) is 0 Å². The third kappa shape index (κ3) is 2.37. The van der Waals surface area contributed by atoms with Crippen molar-refractivity contribution >= 4 is 28.9 Å². The van der Waals surface area contributed by atoms with Crippen LogP contribution in [0.15, 0.2) is 29.6 Å².